The van der Waals surface area contributed by atoms with Crippen LogP contribution in [0.15, 0.2) is 12.3 Å². The molecular formula is C22H29F4N5O4. The number of amides is 3. The number of nitrogens with zero attached hydrogens (tertiary/aromatic N) is 1. The zero-order valence-electron chi connectivity index (χ0n) is 19.5. The van der Waals surface area contributed by atoms with Gasteiger partial charge in [0.1, 0.15) is 28.5 Å². The molecule has 0 spiro atoms. The van der Waals surface area contributed by atoms with Gasteiger partial charge in [-0.1, -0.05) is 12.8 Å². The minimum absolute atomic E-state index is 0.103. The van der Waals surface area contributed by atoms with Crippen LogP contribution in [-0.2, 0) is 19.2 Å². The van der Waals surface area contributed by atoms with Crippen molar-refractivity contribution in [3.63, 3.8) is 0 Å². The van der Waals surface area contributed by atoms with E-state index in [9.17, 15) is 32.3 Å². The average molecular weight is 503 g/mol. The zero-order valence-corrected chi connectivity index (χ0v) is 19.5. The Bertz CT molecular complexity index is 967. The lowest BCUT2D eigenvalue weighted by atomic mass is 9.73. The van der Waals surface area contributed by atoms with Gasteiger partial charge in [-0.25, -0.2) is 4.39 Å². The Morgan fingerprint density at radius 2 is 1.71 bits per heavy atom. The van der Waals surface area contributed by atoms with Crippen molar-refractivity contribution in [2.45, 2.75) is 88.6 Å². The molecule has 9 nitrogen and oxygen atoms in total. The highest BCUT2D eigenvalue weighted by Crippen LogP contribution is 2.40. The number of alkyl halides is 4. The fourth-order valence-corrected chi connectivity index (χ4v) is 4.24. The number of hydrogen-bond donors (Lipinski definition) is 4. The van der Waals surface area contributed by atoms with Gasteiger partial charge in [-0.15, -0.1) is 0 Å². The molecule has 4 N–H and O–H groups in total. The average Bonchev–Trinajstić information content (AvgIpc) is 3.40. The number of carbonyl (C=O) groups excluding carboxylic acids is 4. The summed E-state index contributed by atoms with van der Waals surface area (Å²) in [6.45, 7) is 1.32. The molecule has 194 valence electrons. The molecule has 1 unspecified atom stereocenters. The van der Waals surface area contributed by atoms with E-state index in [0.29, 0.717) is 33.1 Å². The largest absolute Gasteiger partial charge is 0.402 e. The standard InChI is InChI=1S/C22H29F4N5O4/c1-19(2,22(24,25)26)18(35)28-13(12-20(23)7-3-4-8-20)16(33)30-21(9-5-10-21)15(32)17(34)29-14-6-11-27-31-14/h6,11,13H,3-5,7-10,12H2,1-2H3,(H,28,35)(H,30,33)(H2,27,29,31,34). The highest BCUT2D eigenvalue weighted by atomic mass is 19.4. The summed E-state index contributed by atoms with van der Waals surface area (Å²) in [4.78, 5) is 51.0. The summed E-state index contributed by atoms with van der Waals surface area (Å²) in [6.07, 6.45) is -2.06. The van der Waals surface area contributed by atoms with Crippen molar-refractivity contribution in [1.82, 2.24) is 20.8 Å². The van der Waals surface area contributed by atoms with Gasteiger partial charge in [0.25, 0.3) is 5.91 Å². The molecule has 13 heteroatoms. The van der Waals surface area contributed by atoms with Crippen LogP contribution in [0.25, 0.3) is 0 Å². The monoisotopic (exact) mass is 503 g/mol. The maximum atomic E-state index is 15.2. The minimum Gasteiger partial charge on any atom is -0.343 e. The summed E-state index contributed by atoms with van der Waals surface area (Å²) in [5.41, 5.74) is -6.27. The maximum absolute atomic E-state index is 15.2. The first-order chi connectivity index (χ1) is 16.2. The SMILES string of the molecule is CC(C)(C(=O)NC(CC1(F)CCCC1)C(=O)NC1(C(=O)C(=O)Nc2ccn[nH]2)CCC1)C(F)(F)F. The number of carbonyl (C=O) groups is 4. The second-order valence-electron chi connectivity index (χ2n) is 9.89. The third-order valence-electron chi connectivity index (χ3n) is 6.93. The van der Waals surface area contributed by atoms with Gasteiger partial charge in [-0.2, -0.15) is 18.3 Å². The van der Waals surface area contributed by atoms with E-state index in [4.69, 9.17) is 0 Å². The summed E-state index contributed by atoms with van der Waals surface area (Å²) in [5.74, 6) is -4.32. The summed E-state index contributed by atoms with van der Waals surface area (Å²) < 4.78 is 55.3. The number of H-pyrrole nitrogens is 1. The molecule has 1 heterocycles. The van der Waals surface area contributed by atoms with E-state index in [-0.39, 0.29) is 31.5 Å². The highest BCUT2D eigenvalue weighted by Gasteiger charge is 2.55. The Morgan fingerprint density at radius 1 is 1.09 bits per heavy atom. The number of rotatable bonds is 9. The normalized spacial score (nSPS) is 19.8. The number of halogens is 4. The van der Waals surface area contributed by atoms with Crippen LogP contribution < -0.4 is 16.0 Å². The van der Waals surface area contributed by atoms with Crippen LogP contribution >= 0.6 is 0 Å². The molecule has 0 saturated heterocycles. The predicted molar refractivity (Wildman–Crippen MR) is 116 cm³/mol. The van der Waals surface area contributed by atoms with Gasteiger partial charge in [0.15, 0.2) is 0 Å². The summed E-state index contributed by atoms with van der Waals surface area (Å²) in [7, 11) is 0. The van der Waals surface area contributed by atoms with Gasteiger partial charge in [-0.3, -0.25) is 24.3 Å². The molecule has 0 bridgehead atoms. The number of anilines is 1. The molecule has 2 fully saturated rings. The number of hydrogen-bond acceptors (Lipinski definition) is 5. The Hall–Kier alpha value is -2.99. The van der Waals surface area contributed by atoms with Crippen molar-refractivity contribution in [1.29, 1.82) is 0 Å². The van der Waals surface area contributed by atoms with Gasteiger partial charge in [-0.05, 0) is 46.0 Å². The first-order valence-electron chi connectivity index (χ1n) is 11.4. The second kappa shape index (κ2) is 9.57. The van der Waals surface area contributed by atoms with Crippen LogP contribution in [0, 0.1) is 5.41 Å². The molecule has 1 aromatic heterocycles. The van der Waals surface area contributed by atoms with Crippen LogP contribution in [0.5, 0.6) is 0 Å². The number of aromatic amines is 1. The van der Waals surface area contributed by atoms with Crippen LogP contribution in [-0.4, -0.2) is 57.1 Å². The molecule has 2 aliphatic carbocycles. The van der Waals surface area contributed by atoms with Gasteiger partial charge in [0.05, 0.1) is 6.20 Å². The third-order valence-corrected chi connectivity index (χ3v) is 6.93. The number of ketones is 1. The van der Waals surface area contributed by atoms with E-state index in [1.54, 1.807) is 0 Å². The van der Waals surface area contributed by atoms with Crippen LogP contribution in [0.2, 0.25) is 0 Å². The van der Waals surface area contributed by atoms with Crippen molar-refractivity contribution in [3.8, 4) is 0 Å². The fourth-order valence-electron chi connectivity index (χ4n) is 4.24. The molecule has 2 aliphatic rings. The molecular weight excluding hydrogens is 474 g/mol. The molecule has 3 rings (SSSR count). The van der Waals surface area contributed by atoms with E-state index in [2.05, 4.69) is 26.1 Å². The fraction of sp³-hybridized carbons (Fsp3) is 0.682. The first-order valence-corrected chi connectivity index (χ1v) is 11.4. The van der Waals surface area contributed by atoms with Crippen LogP contribution in [0.4, 0.5) is 23.4 Å². The van der Waals surface area contributed by atoms with E-state index in [1.165, 1.54) is 12.3 Å². The van der Waals surface area contributed by atoms with Gasteiger partial charge >= 0.3 is 6.18 Å². The lowest BCUT2D eigenvalue weighted by Crippen LogP contribution is -2.65. The second-order valence-corrected chi connectivity index (χ2v) is 9.89. The summed E-state index contributed by atoms with van der Waals surface area (Å²) >= 11 is 0. The third kappa shape index (κ3) is 5.64. The van der Waals surface area contributed by atoms with E-state index >= 15 is 4.39 Å². The highest BCUT2D eigenvalue weighted by molar-refractivity contribution is 6.44. The number of nitrogens with one attached hydrogen (secondary N) is 4. The molecule has 0 aromatic carbocycles. The van der Waals surface area contributed by atoms with Crippen molar-refractivity contribution >= 4 is 29.3 Å². The number of Topliss-reactive ketones (excluding diaryl/α,β-unsaturated/α-hetero) is 1. The first kappa shape index (κ1) is 26.6. The molecule has 0 aliphatic heterocycles. The lowest BCUT2D eigenvalue weighted by molar-refractivity contribution is -0.212. The summed E-state index contributed by atoms with van der Waals surface area (Å²) in [6, 6.07) is -0.249. The zero-order chi connectivity index (χ0) is 26.1. The lowest BCUT2D eigenvalue weighted by Gasteiger charge is -2.41. The quantitative estimate of drug-likeness (QED) is 0.304. The van der Waals surface area contributed by atoms with Crippen molar-refractivity contribution in [3.05, 3.63) is 12.3 Å². The van der Waals surface area contributed by atoms with Crippen molar-refractivity contribution < 1.29 is 36.7 Å². The van der Waals surface area contributed by atoms with Gasteiger partial charge in [0.2, 0.25) is 17.6 Å². The topological polar surface area (TPSA) is 133 Å². The van der Waals surface area contributed by atoms with E-state index in [0.717, 1.165) is 0 Å². The molecule has 1 aromatic rings. The Morgan fingerprint density at radius 3 is 2.20 bits per heavy atom. The van der Waals surface area contributed by atoms with Crippen molar-refractivity contribution in [2.75, 3.05) is 5.32 Å². The molecule has 35 heavy (non-hydrogen) atoms. The smallest absolute Gasteiger partial charge is 0.343 e. The van der Waals surface area contributed by atoms with Gasteiger partial charge in [0, 0.05) is 12.5 Å². The Kier molecular flexibility index (Phi) is 7.28. The van der Waals surface area contributed by atoms with Crippen LogP contribution in [0.3, 0.4) is 0 Å². The van der Waals surface area contributed by atoms with E-state index in [1.807, 2.05) is 0 Å². The molecule has 1 atom stereocenters. The maximum Gasteiger partial charge on any atom is 0.402 e. The van der Waals surface area contributed by atoms with Gasteiger partial charge < -0.3 is 16.0 Å². The molecule has 3 amide bonds. The predicted octanol–water partition coefficient (Wildman–Crippen LogP) is 2.70. The van der Waals surface area contributed by atoms with Crippen LogP contribution in [0.1, 0.15) is 65.2 Å². The Balaban J connectivity index is 1.78. The molecule has 2 saturated carbocycles. The number of aromatic nitrogens is 2. The summed E-state index contributed by atoms with van der Waals surface area (Å²) in [5, 5.41) is 12.9. The van der Waals surface area contributed by atoms with Crippen molar-refractivity contribution in [2.24, 2.45) is 5.41 Å². The Labute approximate surface area is 199 Å². The molecule has 0 radical (unpaired) electrons. The minimum atomic E-state index is -4.91. The van der Waals surface area contributed by atoms with E-state index < -0.39 is 58.8 Å².